The maximum absolute atomic E-state index is 13.0. The first-order valence-electron chi connectivity index (χ1n) is 5.67. The van der Waals surface area contributed by atoms with E-state index in [2.05, 4.69) is 15.1 Å². The topological polar surface area (TPSA) is 97.1 Å². The summed E-state index contributed by atoms with van der Waals surface area (Å²) in [6.07, 6.45) is 2.60. The quantitative estimate of drug-likeness (QED) is 0.564. The first-order chi connectivity index (χ1) is 9.53. The van der Waals surface area contributed by atoms with Crippen molar-refractivity contribution in [2.24, 2.45) is 5.84 Å². The van der Waals surface area contributed by atoms with Crippen LogP contribution in [0.3, 0.4) is 0 Å². The molecule has 8 heteroatoms. The summed E-state index contributed by atoms with van der Waals surface area (Å²) >= 11 is 0. The van der Waals surface area contributed by atoms with E-state index in [9.17, 15) is 12.8 Å². The molecule has 1 heterocycles. The van der Waals surface area contributed by atoms with Crippen LogP contribution >= 0.6 is 0 Å². The number of aromatic nitrogens is 1. The van der Waals surface area contributed by atoms with Crippen LogP contribution in [-0.2, 0) is 16.6 Å². The Morgan fingerprint density at radius 2 is 2.10 bits per heavy atom. The number of benzene rings is 1. The monoisotopic (exact) mass is 296 g/mol. The van der Waals surface area contributed by atoms with Crippen molar-refractivity contribution in [2.45, 2.75) is 11.4 Å². The average Bonchev–Trinajstić information content (AvgIpc) is 2.45. The third-order valence-corrected chi connectivity index (χ3v) is 4.01. The van der Waals surface area contributed by atoms with E-state index in [4.69, 9.17) is 5.84 Å². The molecule has 0 bridgehead atoms. The molecule has 2 aromatic rings. The van der Waals surface area contributed by atoms with Crippen LogP contribution in [-0.4, -0.2) is 13.4 Å². The maximum Gasteiger partial charge on any atom is 0.244 e. The predicted molar refractivity (Wildman–Crippen MR) is 72.5 cm³/mol. The number of anilines is 1. The van der Waals surface area contributed by atoms with E-state index in [0.717, 1.165) is 0 Å². The van der Waals surface area contributed by atoms with Gasteiger partial charge in [-0.15, -0.1) is 0 Å². The van der Waals surface area contributed by atoms with Gasteiger partial charge in [0.2, 0.25) is 10.0 Å². The second kappa shape index (κ2) is 5.95. The highest BCUT2D eigenvalue weighted by molar-refractivity contribution is 7.89. The number of nitrogen functional groups attached to an aromatic ring is 1. The lowest BCUT2D eigenvalue weighted by atomic mass is 10.2. The summed E-state index contributed by atoms with van der Waals surface area (Å²) in [4.78, 5) is 3.68. The van der Waals surface area contributed by atoms with Gasteiger partial charge in [0.25, 0.3) is 0 Å². The molecule has 0 unspecified atom stereocenters. The Bertz CT molecular complexity index is 706. The summed E-state index contributed by atoms with van der Waals surface area (Å²) in [5, 5.41) is 0. The lowest BCUT2D eigenvalue weighted by molar-refractivity contribution is 0.580. The number of nitrogens with two attached hydrogens (primary N) is 1. The Morgan fingerprint density at radius 3 is 2.80 bits per heavy atom. The summed E-state index contributed by atoms with van der Waals surface area (Å²) < 4.78 is 39.6. The number of nitrogens with one attached hydrogen (secondary N) is 2. The van der Waals surface area contributed by atoms with Gasteiger partial charge in [-0.3, -0.25) is 10.8 Å². The number of hydrogen-bond donors (Lipinski definition) is 3. The highest BCUT2D eigenvalue weighted by Gasteiger charge is 2.18. The second-order valence-electron chi connectivity index (χ2n) is 3.97. The van der Waals surface area contributed by atoms with Crippen molar-refractivity contribution in [3.63, 3.8) is 0 Å². The number of pyridine rings is 1. The van der Waals surface area contributed by atoms with Crippen molar-refractivity contribution in [3.05, 3.63) is 54.1 Å². The fourth-order valence-electron chi connectivity index (χ4n) is 1.62. The molecule has 0 spiro atoms. The molecule has 0 fully saturated rings. The SMILES string of the molecule is NNc1ccncc1S(=O)(=O)NCc1cccc(F)c1. The molecule has 0 amide bonds. The van der Waals surface area contributed by atoms with E-state index < -0.39 is 15.8 Å². The van der Waals surface area contributed by atoms with E-state index in [0.29, 0.717) is 5.56 Å². The van der Waals surface area contributed by atoms with E-state index in [1.54, 1.807) is 6.07 Å². The van der Waals surface area contributed by atoms with Crippen LogP contribution in [0.2, 0.25) is 0 Å². The fraction of sp³-hybridized carbons (Fsp3) is 0.0833. The van der Waals surface area contributed by atoms with Gasteiger partial charge in [0.05, 0.1) is 5.69 Å². The van der Waals surface area contributed by atoms with Gasteiger partial charge in [0.15, 0.2) is 0 Å². The number of hydrogen-bond acceptors (Lipinski definition) is 5. The van der Waals surface area contributed by atoms with Crippen LogP contribution in [0.15, 0.2) is 47.6 Å². The van der Waals surface area contributed by atoms with Crippen LogP contribution in [0.1, 0.15) is 5.56 Å². The highest BCUT2D eigenvalue weighted by Crippen LogP contribution is 2.18. The normalized spacial score (nSPS) is 11.3. The largest absolute Gasteiger partial charge is 0.323 e. The molecular weight excluding hydrogens is 283 g/mol. The van der Waals surface area contributed by atoms with E-state index in [1.165, 1.54) is 36.7 Å². The summed E-state index contributed by atoms with van der Waals surface area (Å²) in [6, 6.07) is 7.12. The van der Waals surface area contributed by atoms with E-state index in [-0.39, 0.29) is 17.1 Å². The lowest BCUT2D eigenvalue weighted by Crippen LogP contribution is -2.25. The zero-order valence-corrected chi connectivity index (χ0v) is 11.2. The van der Waals surface area contributed by atoms with Gasteiger partial charge in [0.1, 0.15) is 10.7 Å². The third kappa shape index (κ3) is 3.29. The van der Waals surface area contributed by atoms with E-state index >= 15 is 0 Å². The molecule has 20 heavy (non-hydrogen) atoms. The Morgan fingerprint density at radius 1 is 1.30 bits per heavy atom. The molecule has 1 aromatic carbocycles. The molecule has 106 valence electrons. The molecule has 0 aliphatic carbocycles. The highest BCUT2D eigenvalue weighted by atomic mass is 32.2. The van der Waals surface area contributed by atoms with Crippen molar-refractivity contribution in [2.75, 3.05) is 5.43 Å². The Labute approximate surface area is 115 Å². The number of hydrazine groups is 1. The zero-order chi connectivity index (χ0) is 14.6. The van der Waals surface area contributed by atoms with Crippen molar-refractivity contribution in [1.82, 2.24) is 9.71 Å². The first kappa shape index (κ1) is 14.4. The van der Waals surface area contributed by atoms with Crippen LogP contribution in [0.25, 0.3) is 0 Å². The lowest BCUT2D eigenvalue weighted by Gasteiger charge is -2.10. The smallest absolute Gasteiger partial charge is 0.244 e. The number of halogens is 1. The molecule has 0 saturated carbocycles. The van der Waals surface area contributed by atoms with Gasteiger partial charge in [-0.05, 0) is 23.8 Å². The van der Waals surface area contributed by atoms with Crippen molar-refractivity contribution in [1.29, 1.82) is 0 Å². The average molecular weight is 296 g/mol. The van der Waals surface area contributed by atoms with Crippen LogP contribution in [0, 0.1) is 5.82 Å². The minimum atomic E-state index is -3.79. The summed E-state index contributed by atoms with van der Waals surface area (Å²) in [7, 11) is -3.79. The fourth-order valence-corrected chi connectivity index (χ4v) is 2.74. The molecule has 6 nitrogen and oxygen atoms in total. The maximum atomic E-state index is 13.0. The van der Waals surface area contributed by atoms with Gasteiger partial charge in [-0.2, -0.15) is 0 Å². The molecule has 0 atom stereocenters. The zero-order valence-electron chi connectivity index (χ0n) is 10.4. The molecular formula is C12H13FN4O2S. The molecule has 2 rings (SSSR count). The summed E-state index contributed by atoms with van der Waals surface area (Å²) in [6.45, 7) is -0.0288. The van der Waals surface area contributed by atoms with Crippen molar-refractivity contribution < 1.29 is 12.8 Å². The van der Waals surface area contributed by atoms with Gasteiger partial charge >= 0.3 is 0 Å². The van der Waals surface area contributed by atoms with Crippen molar-refractivity contribution in [3.8, 4) is 0 Å². The van der Waals surface area contributed by atoms with Crippen LogP contribution in [0.4, 0.5) is 10.1 Å². The van der Waals surface area contributed by atoms with Gasteiger partial charge < -0.3 is 5.43 Å². The second-order valence-corrected chi connectivity index (χ2v) is 5.71. The molecule has 0 aliphatic heterocycles. The number of sulfonamides is 1. The minimum Gasteiger partial charge on any atom is -0.323 e. The Hall–Kier alpha value is -2.03. The van der Waals surface area contributed by atoms with Gasteiger partial charge in [-0.25, -0.2) is 17.5 Å². The molecule has 0 radical (unpaired) electrons. The van der Waals surface area contributed by atoms with Crippen LogP contribution in [0.5, 0.6) is 0 Å². The number of rotatable bonds is 5. The Balaban J connectivity index is 2.19. The van der Waals surface area contributed by atoms with Gasteiger partial charge in [0, 0.05) is 18.9 Å². The number of nitrogens with zero attached hydrogens (tertiary/aromatic N) is 1. The molecule has 0 saturated heterocycles. The summed E-state index contributed by atoms with van der Waals surface area (Å²) in [5.41, 5.74) is 3.03. The van der Waals surface area contributed by atoms with Crippen LogP contribution < -0.4 is 16.0 Å². The van der Waals surface area contributed by atoms with Gasteiger partial charge in [-0.1, -0.05) is 12.1 Å². The molecule has 4 N–H and O–H groups in total. The standard InChI is InChI=1S/C12H13FN4O2S/c13-10-3-1-2-9(6-10)7-16-20(18,19)12-8-15-5-4-11(12)17-14/h1-6,8,16H,7,14H2,(H,15,17). The summed E-state index contributed by atoms with van der Waals surface area (Å²) in [5.74, 6) is 4.83. The predicted octanol–water partition coefficient (Wildman–Crippen LogP) is 0.985. The Kier molecular flexibility index (Phi) is 4.28. The third-order valence-electron chi connectivity index (χ3n) is 2.58. The minimum absolute atomic E-state index is 0.0288. The molecule has 1 aromatic heterocycles. The van der Waals surface area contributed by atoms with Crippen molar-refractivity contribution >= 4 is 15.7 Å². The molecule has 0 aliphatic rings. The first-order valence-corrected chi connectivity index (χ1v) is 7.16. The van der Waals surface area contributed by atoms with E-state index in [1.807, 2.05) is 0 Å².